The zero-order valence-electron chi connectivity index (χ0n) is 14.4. The Morgan fingerprint density at radius 2 is 1.27 bits per heavy atom. The highest BCUT2D eigenvalue weighted by atomic mass is 35.5. The molecule has 4 nitrogen and oxygen atoms in total. The van der Waals surface area contributed by atoms with Gasteiger partial charge in [-0.2, -0.15) is 0 Å². The van der Waals surface area contributed by atoms with E-state index in [4.69, 9.17) is 25.8 Å². The molecule has 0 fully saturated rings. The zero-order chi connectivity index (χ0) is 18.5. The van der Waals surface area contributed by atoms with Gasteiger partial charge in [0.25, 0.3) is 0 Å². The number of carbonyl (C=O) groups is 1. The maximum atomic E-state index is 12.7. The van der Waals surface area contributed by atoms with Gasteiger partial charge in [-0.15, -0.1) is 0 Å². The van der Waals surface area contributed by atoms with E-state index in [0.29, 0.717) is 39.1 Å². The summed E-state index contributed by atoms with van der Waals surface area (Å²) in [5.74, 6) is 2.30. The van der Waals surface area contributed by atoms with Crippen LogP contribution in [0.5, 0.6) is 23.0 Å². The van der Waals surface area contributed by atoms with Crippen LogP contribution in [0.3, 0.4) is 0 Å². The number of halogens is 1. The Bertz CT molecular complexity index is 902. The molecule has 0 radical (unpaired) electrons. The van der Waals surface area contributed by atoms with Gasteiger partial charge in [0.05, 0.1) is 14.2 Å². The van der Waals surface area contributed by atoms with Crippen molar-refractivity contribution in [3.8, 4) is 23.0 Å². The molecule has 0 saturated carbocycles. The van der Waals surface area contributed by atoms with Crippen LogP contribution in [0.4, 0.5) is 0 Å². The molecular weight excluding hydrogens is 352 g/mol. The Labute approximate surface area is 156 Å². The Kier molecular flexibility index (Phi) is 5.44. The first-order chi connectivity index (χ1) is 12.6. The van der Waals surface area contributed by atoms with E-state index < -0.39 is 0 Å². The van der Waals surface area contributed by atoms with Gasteiger partial charge in [0.2, 0.25) is 0 Å². The molecule has 0 atom stereocenters. The second kappa shape index (κ2) is 7.93. The fraction of sp³-hybridized carbons (Fsp3) is 0.0952. The van der Waals surface area contributed by atoms with E-state index in [1.165, 1.54) is 7.11 Å². The number of hydrogen-bond acceptors (Lipinski definition) is 4. The third-order valence-electron chi connectivity index (χ3n) is 3.81. The smallest absolute Gasteiger partial charge is 0.193 e. The van der Waals surface area contributed by atoms with Crippen molar-refractivity contribution < 1.29 is 19.0 Å². The Hall–Kier alpha value is -2.98. The molecule has 0 spiro atoms. The van der Waals surface area contributed by atoms with E-state index in [0.717, 1.165) is 0 Å². The van der Waals surface area contributed by atoms with Gasteiger partial charge < -0.3 is 14.2 Å². The van der Waals surface area contributed by atoms with Crippen molar-refractivity contribution in [1.29, 1.82) is 0 Å². The zero-order valence-corrected chi connectivity index (χ0v) is 15.1. The molecule has 3 rings (SSSR count). The van der Waals surface area contributed by atoms with Crippen molar-refractivity contribution in [3.63, 3.8) is 0 Å². The van der Waals surface area contributed by atoms with Crippen molar-refractivity contribution >= 4 is 17.4 Å². The largest absolute Gasteiger partial charge is 0.493 e. The van der Waals surface area contributed by atoms with Crippen molar-refractivity contribution in [2.45, 2.75) is 0 Å². The van der Waals surface area contributed by atoms with Crippen molar-refractivity contribution in [1.82, 2.24) is 0 Å². The number of rotatable bonds is 6. The summed E-state index contributed by atoms with van der Waals surface area (Å²) in [5.41, 5.74) is 1.08. The van der Waals surface area contributed by atoms with Gasteiger partial charge >= 0.3 is 0 Å². The minimum atomic E-state index is -0.107. The monoisotopic (exact) mass is 368 g/mol. The van der Waals surface area contributed by atoms with Crippen LogP contribution in [0.15, 0.2) is 66.7 Å². The minimum absolute atomic E-state index is 0.107. The molecule has 26 heavy (non-hydrogen) atoms. The van der Waals surface area contributed by atoms with Gasteiger partial charge in [-0.1, -0.05) is 11.6 Å². The quantitative estimate of drug-likeness (QED) is 0.548. The summed E-state index contributed by atoms with van der Waals surface area (Å²) < 4.78 is 16.2. The maximum Gasteiger partial charge on any atom is 0.193 e. The van der Waals surface area contributed by atoms with E-state index in [1.807, 2.05) is 0 Å². The lowest BCUT2D eigenvalue weighted by Gasteiger charge is -2.10. The maximum absolute atomic E-state index is 12.7. The van der Waals surface area contributed by atoms with E-state index in [9.17, 15) is 4.79 Å². The van der Waals surface area contributed by atoms with Gasteiger partial charge in [0, 0.05) is 16.1 Å². The van der Waals surface area contributed by atoms with Crippen LogP contribution in [0, 0.1) is 0 Å². The first-order valence-electron chi connectivity index (χ1n) is 7.91. The number of ether oxygens (including phenoxy) is 3. The van der Waals surface area contributed by atoms with Crippen molar-refractivity contribution in [3.05, 3.63) is 82.9 Å². The Balaban J connectivity index is 1.77. The molecule has 0 unspecified atom stereocenters. The third-order valence-corrected chi connectivity index (χ3v) is 4.06. The average Bonchev–Trinajstić information content (AvgIpc) is 2.69. The van der Waals surface area contributed by atoms with Crippen LogP contribution in [-0.2, 0) is 0 Å². The minimum Gasteiger partial charge on any atom is -0.493 e. The van der Waals surface area contributed by atoms with E-state index in [2.05, 4.69) is 0 Å². The van der Waals surface area contributed by atoms with Gasteiger partial charge in [-0.05, 0) is 66.7 Å². The van der Waals surface area contributed by atoms with Crippen molar-refractivity contribution in [2.24, 2.45) is 0 Å². The fourth-order valence-electron chi connectivity index (χ4n) is 2.46. The molecule has 0 bridgehead atoms. The second-order valence-electron chi connectivity index (χ2n) is 5.48. The number of methoxy groups -OCH3 is 2. The van der Waals surface area contributed by atoms with Crippen LogP contribution in [-0.4, -0.2) is 20.0 Å². The lowest BCUT2D eigenvalue weighted by molar-refractivity contribution is 0.103. The van der Waals surface area contributed by atoms with Gasteiger partial charge in [0.15, 0.2) is 17.3 Å². The van der Waals surface area contributed by atoms with Crippen LogP contribution in [0.25, 0.3) is 0 Å². The van der Waals surface area contributed by atoms with E-state index in [1.54, 1.807) is 73.8 Å². The highest BCUT2D eigenvalue weighted by molar-refractivity contribution is 6.30. The van der Waals surface area contributed by atoms with Gasteiger partial charge in [0.1, 0.15) is 11.5 Å². The second-order valence-corrected chi connectivity index (χ2v) is 5.92. The molecular formula is C21H17ClO4. The van der Waals surface area contributed by atoms with Crippen LogP contribution < -0.4 is 14.2 Å². The molecule has 0 saturated heterocycles. The van der Waals surface area contributed by atoms with Crippen LogP contribution in [0.2, 0.25) is 5.02 Å². The predicted octanol–water partition coefficient (Wildman–Crippen LogP) is 5.38. The summed E-state index contributed by atoms with van der Waals surface area (Å²) in [6.07, 6.45) is 0. The molecule has 3 aromatic rings. The van der Waals surface area contributed by atoms with Crippen LogP contribution in [0.1, 0.15) is 15.9 Å². The van der Waals surface area contributed by atoms with E-state index >= 15 is 0 Å². The molecule has 0 aliphatic heterocycles. The molecule has 0 amide bonds. The molecule has 0 N–H and O–H groups in total. The van der Waals surface area contributed by atoms with E-state index in [-0.39, 0.29) is 5.78 Å². The molecule has 3 aromatic carbocycles. The van der Waals surface area contributed by atoms with Gasteiger partial charge in [-0.3, -0.25) is 4.79 Å². The molecule has 0 aromatic heterocycles. The molecule has 0 heterocycles. The summed E-state index contributed by atoms with van der Waals surface area (Å²) in [4.78, 5) is 12.7. The first-order valence-corrected chi connectivity index (χ1v) is 8.28. The number of ketones is 1. The summed E-state index contributed by atoms with van der Waals surface area (Å²) in [7, 11) is 3.09. The topological polar surface area (TPSA) is 44.8 Å². The predicted molar refractivity (Wildman–Crippen MR) is 101 cm³/mol. The average molecular weight is 369 g/mol. The SMILES string of the molecule is COc1ccc(C(=O)c2ccc(Oc3ccc(Cl)cc3)cc2)cc1OC. The number of carbonyl (C=O) groups excluding carboxylic acids is 1. The van der Waals surface area contributed by atoms with Crippen LogP contribution >= 0.6 is 11.6 Å². The highest BCUT2D eigenvalue weighted by Crippen LogP contribution is 2.29. The van der Waals surface area contributed by atoms with Gasteiger partial charge in [-0.25, -0.2) is 0 Å². The summed E-state index contributed by atoms with van der Waals surface area (Å²) in [5, 5.41) is 0.646. The molecule has 0 aliphatic rings. The summed E-state index contributed by atoms with van der Waals surface area (Å²) in [6, 6.07) is 19.1. The molecule has 132 valence electrons. The Morgan fingerprint density at radius 3 is 1.85 bits per heavy atom. The fourth-order valence-corrected chi connectivity index (χ4v) is 2.58. The molecule has 0 aliphatic carbocycles. The normalized spacial score (nSPS) is 10.3. The standard InChI is InChI=1S/C21H17ClO4/c1-24-19-12-5-15(13-20(19)25-2)21(23)14-3-8-17(9-4-14)26-18-10-6-16(22)7-11-18/h3-13H,1-2H3. The Morgan fingerprint density at radius 1 is 0.731 bits per heavy atom. The third kappa shape index (κ3) is 3.98. The van der Waals surface area contributed by atoms with Crippen molar-refractivity contribution in [2.75, 3.05) is 14.2 Å². The summed E-state index contributed by atoms with van der Waals surface area (Å²) in [6.45, 7) is 0. The highest BCUT2D eigenvalue weighted by Gasteiger charge is 2.13. The first kappa shape index (κ1) is 17.8. The lowest BCUT2D eigenvalue weighted by Crippen LogP contribution is -2.02. The molecule has 5 heteroatoms. The number of benzene rings is 3. The number of hydrogen-bond donors (Lipinski definition) is 0. The lowest BCUT2D eigenvalue weighted by atomic mass is 10.0. The summed E-state index contributed by atoms with van der Waals surface area (Å²) >= 11 is 5.86.